The number of hydrogen-bond donors (Lipinski definition) is 2. The highest BCUT2D eigenvalue weighted by Gasteiger charge is 2.41. The summed E-state index contributed by atoms with van der Waals surface area (Å²) in [4.78, 5) is 20.3. The Hall–Kier alpha value is -4.74. The molecule has 0 saturated heterocycles. The zero-order chi connectivity index (χ0) is 36.9. The second kappa shape index (κ2) is 14.2. The van der Waals surface area contributed by atoms with E-state index in [-0.39, 0.29) is 22.7 Å². The summed E-state index contributed by atoms with van der Waals surface area (Å²) >= 11 is 1.84. The Labute approximate surface area is 316 Å². The van der Waals surface area contributed by atoms with E-state index < -0.39 is 6.23 Å². The first-order chi connectivity index (χ1) is 25.7. The monoisotopic (exact) mass is 736 g/mol. The minimum absolute atomic E-state index is 0.0111. The number of hydrogen-bond acceptors (Lipinski definition) is 10. The Kier molecular flexibility index (Phi) is 9.49. The minimum atomic E-state index is -0.828. The van der Waals surface area contributed by atoms with Gasteiger partial charge in [-0.3, -0.25) is 4.79 Å². The van der Waals surface area contributed by atoms with Gasteiger partial charge in [0.15, 0.2) is 29.2 Å². The van der Waals surface area contributed by atoms with E-state index in [1.165, 1.54) is 11.1 Å². The lowest BCUT2D eigenvalue weighted by atomic mass is 10.1. The highest BCUT2D eigenvalue weighted by Crippen LogP contribution is 2.47. The van der Waals surface area contributed by atoms with Gasteiger partial charge < -0.3 is 44.1 Å². The van der Waals surface area contributed by atoms with E-state index in [4.69, 9.17) is 18.9 Å². The van der Waals surface area contributed by atoms with Crippen LogP contribution in [0.25, 0.3) is 0 Å². The van der Waals surface area contributed by atoms with Crippen LogP contribution in [-0.4, -0.2) is 81.2 Å². The highest BCUT2D eigenvalue weighted by atomic mass is 32.2. The van der Waals surface area contributed by atoms with Crippen LogP contribution in [0, 0.1) is 0 Å². The molecule has 4 aliphatic rings. The van der Waals surface area contributed by atoms with Crippen molar-refractivity contribution in [3.8, 4) is 23.0 Å². The normalized spacial score (nSPS) is 19.8. The van der Waals surface area contributed by atoms with Crippen LogP contribution in [0.4, 0.5) is 22.7 Å². The number of amides is 1. The average molecular weight is 737 g/mol. The number of carbonyl (C=O) groups excluding carboxylic acids is 1. The number of aliphatic hydroxyl groups excluding tert-OH is 1. The number of nitrogens with zero attached hydrogens (tertiary/aromatic N) is 3. The van der Waals surface area contributed by atoms with Crippen molar-refractivity contribution in [2.24, 2.45) is 0 Å². The molecule has 0 bridgehead atoms. The Morgan fingerprint density at radius 1 is 0.830 bits per heavy atom. The van der Waals surface area contributed by atoms with Crippen molar-refractivity contribution < 1.29 is 28.8 Å². The van der Waals surface area contributed by atoms with Crippen molar-refractivity contribution in [3.63, 3.8) is 0 Å². The van der Waals surface area contributed by atoms with E-state index in [2.05, 4.69) is 59.5 Å². The molecule has 4 aromatic rings. The second-order valence-electron chi connectivity index (χ2n) is 14.8. The summed E-state index contributed by atoms with van der Waals surface area (Å²) in [5.41, 5.74) is 7.58. The van der Waals surface area contributed by atoms with E-state index in [0.717, 1.165) is 54.2 Å². The zero-order valence-electron chi connectivity index (χ0n) is 31.1. The van der Waals surface area contributed by atoms with Crippen molar-refractivity contribution in [3.05, 3.63) is 95.1 Å². The number of methoxy groups -OCH3 is 2. The van der Waals surface area contributed by atoms with Gasteiger partial charge in [0.25, 0.3) is 5.91 Å². The molecule has 3 atom stereocenters. The summed E-state index contributed by atoms with van der Waals surface area (Å²) in [6, 6.07) is 24.3. The molecule has 0 radical (unpaired) electrons. The third-order valence-corrected chi connectivity index (χ3v) is 12.3. The second-order valence-corrected chi connectivity index (χ2v) is 16.3. The number of ether oxygens (including phenoxy) is 4. The standard InChI is InChI=1S/C42H48N4O6S/c1-42(2,53-5)25-44-24-29-18-27-12-7-9-14-34(27)46(29)41(48)31-20-37(50-4)39(22-35(31)44)52-16-10-15-51-38-21-32-30(19-36(38)49-3)40(47)45-28(23-43-32)17-26-11-6-8-13-33(26)45/h6-9,11-14,19-22,28-29,41,43,48H,10,15-18,23-25H2,1-5H3/t28-,29-,41?/m0/s1. The lowest BCUT2D eigenvalue weighted by Crippen LogP contribution is -2.44. The predicted octanol–water partition coefficient (Wildman–Crippen LogP) is 6.93. The molecular weight excluding hydrogens is 689 g/mol. The summed E-state index contributed by atoms with van der Waals surface area (Å²) in [6.45, 7) is 7.51. The van der Waals surface area contributed by atoms with E-state index in [9.17, 15) is 9.90 Å². The lowest BCUT2D eigenvalue weighted by Gasteiger charge is -2.35. The molecule has 0 fully saturated rings. The van der Waals surface area contributed by atoms with E-state index in [1.807, 2.05) is 59.1 Å². The van der Waals surface area contributed by atoms with Gasteiger partial charge in [-0.05, 0) is 68.3 Å². The zero-order valence-corrected chi connectivity index (χ0v) is 31.9. The summed E-state index contributed by atoms with van der Waals surface area (Å²) in [7, 11) is 3.23. The van der Waals surface area contributed by atoms with Gasteiger partial charge >= 0.3 is 0 Å². The molecule has 10 nitrogen and oxygen atoms in total. The molecular formula is C42H48N4O6S. The Balaban J connectivity index is 0.981. The van der Waals surface area contributed by atoms with Gasteiger partial charge in [-0.2, -0.15) is 11.8 Å². The van der Waals surface area contributed by atoms with Crippen LogP contribution in [0.1, 0.15) is 53.5 Å². The summed E-state index contributed by atoms with van der Waals surface area (Å²) in [5.74, 6) is 2.24. The number of benzene rings is 4. The van der Waals surface area contributed by atoms with E-state index >= 15 is 0 Å². The molecule has 1 unspecified atom stereocenters. The Morgan fingerprint density at radius 3 is 2.19 bits per heavy atom. The summed E-state index contributed by atoms with van der Waals surface area (Å²) in [6.07, 6.45) is 3.62. The fraction of sp³-hybridized carbons (Fsp3) is 0.405. The lowest BCUT2D eigenvalue weighted by molar-refractivity contribution is 0.0983. The number of para-hydroxylation sites is 2. The maximum Gasteiger partial charge on any atom is 0.260 e. The Bertz CT molecular complexity index is 2020. The number of aliphatic hydroxyl groups is 1. The smallest absolute Gasteiger partial charge is 0.260 e. The van der Waals surface area contributed by atoms with Crippen LogP contribution in [0.2, 0.25) is 0 Å². The first-order valence-electron chi connectivity index (χ1n) is 18.4. The average Bonchev–Trinajstić information content (AvgIpc) is 3.66. The number of nitrogens with one attached hydrogen (secondary N) is 1. The first kappa shape index (κ1) is 35.3. The first-order valence-corrected chi connectivity index (χ1v) is 19.6. The van der Waals surface area contributed by atoms with Crippen LogP contribution >= 0.6 is 11.8 Å². The molecule has 11 heteroatoms. The van der Waals surface area contributed by atoms with Crippen LogP contribution in [0.3, 0.4) is 0 Å². The maximum absolute atomic E-state index is 13.8. The Morgan fingerprint density at radius 2 is 1.47 bits per heavy atom. The third kappa shape index (κ3) is 6.48. The van der Waals surface area contributed by atoms with Crippen molar-refractivity contribution >= 4 is 40.4 Å². The quantitative estimate of drug-likeness (QED) is 0.158. The minimum Gasteiger partial charge on any atom is -0.493 e. The van der Waals surface area contributed by atoms with Gasteiger partial charge in [0.1, 0.15) is 0 Å². The number of fused-ring (bicyclic) bond motifs is 8. The molecule has 0 saturated carbocycles. The van der Waals surface area contributed by atoms with Gasteiger partial charge in [0, 0.05) is 65.6 Å². The number of rotatable bonds is 11. The van der Waals surface area contributed by atoms with Gasteiger partial charge in [0.2, 0.25) is 0 Å². The molecule has 0 aromatic heterocycles. The fourth-order valence-corrected chi connectivity index (χ4v) is 8.58. The number of carbonyl (C=O) groups is 1. The van der Waals surface area contributed by atoms with Gasteiger partial charge in [-0.25, -0.2) is 0 Å². The van der Waals surface area contributed by atoms with Crippen molar-refractivity contribution in [1.82, 2.24) is 0 Å². The predicted molar refractivity (Wildman–Crippen MR) is 212 cm³/mol. The van der Waals surface area contributed by atoms with E-state index in [0.29, 0.717) is 54.7 Å². The fourth-order valence-electron chi connectivity index (χ4n) is 8.30. The highest BCUT2D eigenvalue weighted by molar-refractivity contribution is 7.99. The van der Waals surface area contributed by atoms with Crippen LogP contribution in [0.15, 0.2) is 72.8 Å². The molecule has 4 aliphatic heterocycles. The SMILES string of the molecule is COc1cc2c(cc1OCCCOc1cc3c(cc1OC)C(O)N1c4ccccc4C[C@H]1CN3CC(C)(C)SC)NC[C@@H]1Cc3ccccc3N1C2=O. The largest absolute Gasteiger partial charge is 0.493 e. The van der Waals surface area contributed by atoms with E-state index in [1.54, 1.807) is 20.3 Å². The van der Waals surface area contributed by atoms with Crippen molar-refractivity contribution in [1.29, 1.82) is 0 Å². The summed E-state index contributed by atoms with van der Waals surface area (Å²) < 4.78 is 24.2. The summed E-state index contributed by atoms with van der Waals surface area (Å²) in [5, 5.41) is 15.5. The maximum atomic E-state index is 13.8. The number of anilines is 4. The van der Waals surface area contributed by atoms with Crippen molar-refractivity contribution in [2.45, 2.75) is 56.2 Å². The molecule has 278 valence electrons. The van der Waals surface area contributed by atoms with Crippen molar-refractivity contribution in [2.75, 3.05) is 73.3 Å². The third-order valence-electron chi connectivity index (χ3n) is 11.0. The molecule has 8 rings (SSSR count). The number of thioether (sulfide) groups is 1. The van der Waals surface area contributed by atoms with Gasteiger partial charge in [-0.1, -0.05) is 36.4 Å². The molecule has 2 N–H and O–H groups in total. The molecule has 0 aliphatic carbocycles. The molecule has 4 aromatic carbocycles. The molecule has 4 heterocycles. The van der Waals surface area contributed by atoms with Crippen LogP contribution in [0.5, 0.6) is 23.0 Å². The topological polar surface area (TPSA) is 96.0 Å². The molecule has 0 spiro atoms. The van der Waals surface area contributed by atoms with Gasteiger partial charge in [-0.15, -0.1) is 0 Å². The van der Waals surface area contributed by atoms with Gasteiger partial charge in [0.05, 0.1) is 50.8 Å². The van der Waals surface area contributed by atoms with Crippen LogP contribution in [-0.2, 0) is 12.8 Å². The molecule has 53 heavy (non-hydrogen) atoms. The molecule has 1 amide bonds. The van der Waals surface area contributed by atoms with Crippen LogP contribution < -0.4 is 39.0 Å².